The maximum absolute atomic E-state index is 8.86. The van der Waals surface area contributed by atoms with Crippen LogP contribution in [0.25, 0.3) is 0 Å². The van der Waals surface area contributed by atoms with Gasteiger partial charge in [0.05, 0.1) is 5.69 Å². The Hall–Kier alpha value is -2.67. The van der Waals surface area contributed by atoms with Crippen molar-refractivity contribution in [3.05, 3.63) is 47.4 Å². The van der Waals surface area contributed by atoms with Gasteiger partial charge in [-0.05, 0) is 24.8 Å². The van der Waals surface area contributed by atoms with Gasteiger partial charge in [-0.25, -0.2) is 0 Å². The molecule has 0 aliphatic rings. The molecule has 1 aromatic carbocycles. The van der Waals surface area contributed by atoms with E-state index in [9.17, 15) is 0 Å². The monoisotopic (exact) mass is 370 g/mol. The summed E-state index contributed by atoms with van der Waals surface area (Å²) < 4.78 is 1.38. The van der Waals surface area contributed by atoms with Crippen LogP contribution in [0.5, 0.6) is 0 Å². The molecule has 0 unspecified atom stereocenters. The molecular weight excluding hydrogens is 340 g/mol. The first-order chi connectivity index (χ1) is 13.0. The minimum atomic E-state index is -0.0339. The second-order valence-electron chi connectivity index (χ2n) is 6.79. The molecule has 1 aromatic heterocycles. The topological polar surface area (TPSA) is 110 Å². The Morgan fingerprint density at radius 2 is 1.89 bits per heavy atom. The Labute approximate surface area is 160 Å². The van der Waals surface area contributed by atoms with Crippen LogP contribution >= 0.6 is 0 Å². The highest BCUT2D eigenvalue weighted by atomic mass is 16.2. The van der Waals surface area contributed by atoms with Gasteiger partial charge in [-0.1, -0.05) is 44.2 Å². The standard InChI is InChI=1S/C20H30N6O/c1-15(2)19(21)26-20(22)17(24-14-16-9-5-3-6-10-16)13-18(25-26)23-11-7-4-8-12-27/h3,5-6,9-10,13,15,21-22,24,27H,4,7-8,11-12,14H2,1-2H3,(H,23,25). The van der Waals surface area contributed by atoms with Gasteiger partial charge in [0.15, 0.2) is 5.49 Å². The largest absolute Gasteiger partial charge is 0.396 e. The number of hydrogen-bond acceptors (Lipinski definition) is 6. The zero-order chi connectivity index (χ0) is 19.6. The van der Waals surface area contributed by atoms with Crippen molar-refractivity contribution < 1.29 is 5.11 Å². The van der Waals surface area contributed by atoms with Crippen molar-refractivity contribution in [3.63, 3.8) is 0 Å². The second kappa shape index (κ2) is 10.5. The number of nitrogens with zero attached hydrogens (tertiary/aromatic N) is 2. The number of anilines is 2. The lowest BCUT2D eigenvalue weighted by molar-refractivity contribution is 0.283. The number of nitrogens with one attached hydrogen (secondary N) is 4. The van der Waals surface area contributed by atoms with Crippen LogP contribution in [0.2, 0.25) is 0 Å². The average molecular weight is 371 g/mol. The van der Waals surface area contributed by atoms with Crippen molar-refractivity contribution in [2.75, 3.05) is 23.8 Å². The van der Waals surface area contributed by atoms with Crippen molar-refractivity contribution >= 4 is 17.3 Å². The van der Waals surface area contributed by atoms with Crippen LogP contribution in [0.1, 0.15) is 38.7 Å². The quantitative estimate of drug-likeness (QED) is 0.251. The van der Waals surface area contributed by atoms with Crippen molar-refractivity contribution in [2.45, 2.75) is 39.7 Å². The predicted molar refractivity (Wildman–Crippen MR) is 109 cm³/mol. The van der Waals surface area contributed by atoms with E-state index in [-0.39, 0.29) is 23.8 Å². The van der Waals surface area contributed by atoms with E-state index in [0.29, 0.717) is 18.1 Å². The highest BCUT2D eigenvalue weighted by molar-refractivity contribution is 5.83. The Bertz CT molecular complexity index is 785. The van der Waals surface area contributed by atoms with Gasteiger partial charge in [0.1, 0.15) is 11.7 Å². The second-order valence-corrected chi connectivity index (χ2v) is 6.79. The molecule has 27 heavy (non-hydrogen) atoms. The Balaban J connectivity index is 2.19. The average Bonchev–Trinajstić information content (AvgIpc) is 2.68. The van der Waals surface area contributed by atoms with Gasteiger partial charge in [-0.3, -0.25) is 10.8 Å². The van der Waals surface area contributed by atoms with Crippen LogP contribution < -0.4 is 16.1 Å². The third kappa shape index (κ3) is 6.21. The number of hydrogen-bond donors (Lipinski definition) is 5. The van der Waals surface area contributed by atoms with Crippen LogP contribution in [-0.4, -0.2) is 33.9 Å². The lowest BCUT2D eigenvalue weighted by Gasteiger charge is -2.16. The Morgan fingerprint density at radius 3 is 2.56 bits per heavy atom. The van der Waals surface area contributed by atoms with Gasteiger partial charge in [0.2, 0.25) is 0 Å². The molecule has 0 fully saturated rings. The van der Waals surface area contributed by atoms with Crippen LogP contribution in [0.15, 0.2) is 36.4 Å². The fourth-order valence-corrected chi connectivity index (χ4v) is 2.57. The van der Waals surface area contributed by atoms with Crippen LogP contribution in [0.3, 0.4) is 0 Å². The van der Waals surface area contributed by atoms with Crippen molar-refractivity contribution in [1.82, 2.24) is 9.78 Å². The maximum atomic E-state index is 8.86. The lowest BCUT2D eigenvalue weighted by atomic mass is 10.2. The molecule has 2 rings (SSSR count). The number of aliphatic hydroxyl groups is 1. The maximum Gasteiger partial charge on any atom is 0.171 e. The molecule has 5 N–H and O–H groups in total. The lowest BCUT2D eigenvalue weighted by Crippen LogP contribution is -2.34. The summed E-state index contributed by atoms with van der Waals surface area (Å²) in [6, 6.07) is 11.8. The molecule has 0 spiro atoms. The molecule has 2 aromatic rings. The molecule has 7 nitrogen and oxygen atoms in total. The van der Waals surface area contributed by atoms with Gasteiger partial charge in [-0.15, -0.1) is 5.10 Å². The smallest absolute Gasteiger partial charge is 0.171 e. The molecule has 0 saturated carbocycles. The summed E-state index contributed by atoms with van der Waals surface area (Å²) in [4.78, 5) is 0. The summed E-state index contributed by atoms with van der Waals surface area (Å²) in [6.45, 7) is 5.38. The summed E-state index contributed by atoms with van der Waals surface area (Å²) in [5, 5.41) is 36.6. The number of rotatable bonds is 10. The predicted octanol–water partition coefficient (Wildman–Crippen LogP) is 3.03. The van der Waals surface area contributed by atoms with Crippen LogP contribution in [-0.2, 0) is 6.54 Å². The van der Waals surface area contributed by atoms with Crippen molar-refractivity contribution in [3.8, 4) is 0 Å². The first kappa shape index (κ1) is 20.6. The molecule has 1 heterocycles. The normalized spacial score (nSPS) is 10.8. The minimum Gasteiger partial charge on any atom is -0.396 e. The van der Waals surface area contributed by atoms with Crippen molar-refractivity contribution in [1.29, 1.82) is 10.8 Å². The minimum absolute atomic E-state index is 0.0339. The fourth-order valence-electron chi connectivity index (χ4n) is 2.57. The Morgan fingerprint density at radius 1 is 1.15 bits per heavy atom. The van der Waals surface area contributed by atoms with Gasteiger partial charge in [0, 0.05) is 31.7 Å². The molecule has 0 aliphatic heterocycles. The van der Waals surface area contributed by atoms with E-state index in [1.807, 2.05) is 50.2 Å². The SMILES string of the molecule is CC(C)C(=N)n1nc(NCCCCCO)cc(NCc2ccccc2)c1=N. The molecule has 0 amide bonds. The molecule has 0 bridgehead atoms. The molecule has 0 radical (unpaired) electrons. The summed E-state index contributed by atoms with van der Waals surface area (Å²) in [5.74, 6) is 0.885. The molecule has 0 atom stereocenters. The van der Waals surface area contributed by atoms with Crippen molar-refractivity contribution in [2.24, 2.45) is 5.92 Å². The molecule has 146 valence electrons. The van der Waals surface area contributed by atoms with Gasteiger partial charge in [-0.2, -0.15) is 4.68 Å². The number of aromatic nitrogens is 2. The number of benzene rings is 1. The molecule has 7 heteroatoms. The summed E-state index contributed by atoms with van der Waals surface area (Å²) >= 11 is 0. The first-order valence-corrected chi connectivity index (χ1v) is 9.43. The molecule has 0 aliphatic carbocycles. The Kier molecular flexibility index (Phi) is 8.00. The van der Waals surface area contributed by atoms with E-state index < -0.39 is 0 Å². The van der Waals surface area contributed by atoms with Gasteiger partial charge >= 0.3 is 0 Å². The zero-order valence-corrected chi connectivity index (χ0v) is 16.1. The molecular formula is C20H30N6O. The van der Waals surface area contributed by atoms with E-state index in [0.717, 1.165) is 31.4 Å². The fraction of sp³-hybridized carbons (Fsp3) is 0.450. The summed E-state index contributed by atoms with van der Waals surface area (Å²) in [6.07, 6.45) is 2.67. The van der Waals surface area contributed by atoms with Gasteiger partial charge in [0.25, 0.3) is 0 Å². The van der Waals surface area contributed by atoms with E-state index in [4.69, 9.17) is 15.9 Å². The van der Waals surface area contributed by atoms with E-state index in [1.54, 1.807) is 0 Å². The van der Waals surface area contributed by atoms with Crippen LogP contribution in [0.4, 0.5) is 11.5 Å². The van der Waals surface area contributed by atoms with Gasteiger partial charge < -0.3 is 15.7 Å². The zero-order valence-electron chi connectivity index (χ0n) is 16.1. The summed E-state index contributed by atoms with van der Waals surface area (Å²) in [7, 11) is 0. The van der Waals surface area contributed by atoms with E-state index in [2.05, 4.69) is 15.7 Å². The summed E-state index contributed by atoms with van der Waals surface area (Å²) in [5.41, 5.74) is 1.94. The first-order valence-electron chi connectivity index (χ1n) is 9.43. The van der Waals surface area contributed by atoms with Crippen LogP contribution in [0, 0.1) is 16.7 Å². The third-order valence-corrected chi connectivity index (χ3v) is 4.20. The highest BCUT2D eigenvalue weighted by Gasteiger charge is 2.12. The van der Waals surface area contributed by atoms with E-state index >= 15 is 0 Å². The van der Waals surface area contributed by atoms with E-state index in [1.165, 1.54) is 4.68 Å². The number of unbranched alkanes of at least 4 members (excludes halogenated alkanes) is 2. The molecule has 0 saturated heterocycles. The third-order valence-electron chi connectivity index (χ3n) is 4.20. The highest BCUT2D eigenvalue weighted by Crippen LogP contribution is 2.11. The number of aliphatic hydroxyl groups excluding tert-OH is 1.